The first-order valence-corrected chi connectivity index (χ1v) is 11.7. The van der Waals surface area contributed by atoms with Gasteiger partial charge in [0, 0.05) is 12.2 Å². The summed E-state index contributed by atoms with van der Waals surface area (Å²) < 4.78 is 6.45. The smallest absolute Gasteiger partial charge is 0.182 e. The molecule has 5 heteroatoms. The van der Waals surface area contributed by atoms with Gasteiger partial charge in [0.25, 0.3) is 0 Å². The third-order valence-electron chi connectivity index (χ3n) is 5.79. The van der Waals surface area contributed by atoms with Crippen LogP contribution in [0, 0.1) is 0 Å². The van der Waals surface area contributed by atoms with Crippen LogP contribution in [0.25, 0.3) is 0 Å². The van der Waals surface area contributed by atoms with E-state index in [0.29, 0.717) is 11.3 Å². The van der Waals surface area contributed by atoms with E-state index < -0.39 is 0 Å². The van der Waals surface area contributed by atoms with Crippen LogP contribution in [0.3, 0.4) is 0 Å². The molecule has 0 spiro atoms. The van der Waals surface area contributed by atoms with Crippen LogP contribution >= 0.6 is 24.0 Å². The van der Waals surface area contributed by atoms with E-state index in [4.69, 9.17) is 17.0 Å². The number of thiocarbonyl (C=S) groups is 1. The Labute approximate surface area is 189 Å². The molecule has 2 unspecified atom stereocenters. The maximum absolute atomic E-state index is 5.62. The molecule has 2 saturated heterocycles. The van der Waals surface area contributed by atoms with E-state index in [2.05, 4.69) is 78.8 Å². The molecule has 2 aromatic rings. The fourth-order valence-corrected chi connectivity index (χ4v) is 5.49. The lowest BCUT2D eigenvalue weighted by molar-refractivity contribution is 0.239. The molecule has 3 nitrogen and oxygen atoms in total. The highest BCUT2D eigenvalue weighted by atomic mass is 32.2. The van der Waals surface area contributed by atoms with Crippen molar-refractivity contribution in [2.45, 2.75) is 37.5 Å². The van der Waals surface area contributed by atoms with Crippen LogP contribution in [0.5, 0.6) is 0 Å². The van der Waals surface area contributed by atoms with Gasteiger partial charge in [-0.25, -0.2) is 0 Å². The lowest BCUT2D eigenvalue weighted by atomic mass is 9.99. The van der Waals surface area contributed by atoms with Crippen LogP contribution < -0.4 is 5.32 Å². The Morgan fingerprint density at radius 2 is 1.57 bits per heavy atom. The van der Waals surface area contributed by atoms with Crippen LogP contribution in [-0.2, 0) is 24.0 Å². The molecular weight excluding hydrogens is 408 g/mol. The number of nitrogens with one attached hydrogen (secondary N) is 1. The van der Waals surface area contributed by atoms with Gasteiger partial charge in [-0.2, -0.15) is 0 Å². The van der Waals surface area contributed by atoms with Gasteiger partial charge in [-0.15, -0.1) is 0 Å². The molecule has 30 heavy (non-hydrogen) atoms. The van der Waals surface area contributed by atoms with Gasteiger partial charge >= 0.3 is 0 Å². The van der Waals surface area contributed by atoms with E-state index in [1.165, 1.54) is 22.3 Å². The first-order chi connectivity index (χ1) is 14.5. The molecule has 1 N–H and O–H groups in total. The predicted octanol–water partition coefficient (Wildman–Crippen LogP) is 5.06. The number of hydrogen-bond donors (Lipinski definition) is 1. The average Bonchev–Trinajstić information content (AvgIpc) is 3.25. The molecule has 0 aromatic heterocycles. The van der Waals surface area contributed by atoms with Crippen LogP contribution in [0.4, 0.5) is 0 Å². The highest BCUT2D eigenvalue weighted by molar-refractivity contribution is 8.23. The molecule has 2 heterocycles. The summed E-state index contributed by atoms with van der Waals surface area (Å²) in [5.41, 5.74) is 6.34. The van der Waals surface area contributed by atoms with E-state index in [1.54, 1.807) is 11.8 Å². The minimum atomic E-state index is 0.335. The van der Waals surface area contributed by atoms with Crippen LogP contribution in [-0.4, -0.2) is 33.7 Å². The first-order valence-electron chi connectivity index (χ1n) is 10.4. The molecule has 2 aliphatic heterocycles. The molecule has 2 fully saturated rings. The summed E-state index contributed by atoms with van der Waals surface area (Å²) in [4.78, 5) is 2.25. The quantitative estimate of drug-likeness (QED) is 0.612. The summed E-state index contributed by atoms with van der Waals surface area (Å²) in [5.74, 6) is 0.803. The van der Waals surface area contributed by atoms with E-state index in [1.807, 2.05) is 0 Å². The lowest BCUT2D eigenvalue weighted by Crippen LogP contribution is -2.31. The van der Waals surface area contributed by atoms with Crippen molar-refractivity contribution in [2.24, 2.45) is 0 Å². The Morgan fingerprint density at radius 3 is 2.10 bits per heavy atom. The van der Waals surface area contributed by atoms with Gasteiger partial charge in [-0.1, -0.05) is 79.1 Å². The molecule has 4 rings (SSSR count). The second-order valence-corrected chi connectivity index (χ2v) is 9.79. The maximum atomic E-state index is 5.62. The van der Waals surface area contributed by atoms with Crippen molar-refractivity contribution in [2.75, 3.05) is 13.2 Å². The molecular formula is C25H28N2OS2. The van der Waals surface area contributed by atoms with E-state index >= 15 is 0 Å². The van der Waals surface area contributed by atoms with Crippen molar-refractivity contribution in [3.05, 3.63) is 95.5 Å². The molecule has 0 amide bonds. The zero-order valence-corrected chi connectivity index (χ0v) is 19.0. The van der Waals surface area contributed by atoms with Crippen LogP contribution in [0.1, 0.15) is 29.2 Å². The van der Waals surface area contributed by atoms with Gasteiger partial charge in [0.1, 0.15) is 10.9 Å². The van der Waals surface area contributed by atoms with Gasteiger partial charge in [0.15, 0.2) is 5.88 Å². The van der Waals surface area contributed by atoms with Crippen LogP contribution in [0.2, 0.25) is 0 Å². The summed E-state index contributed by atoms with van der Waals surface area (Å²) in [6.07, 6.45) is 2.89. The molecule has 0 radical (unpaired) electrons. The zero-order valence-electron chi connectivity index (χ0n) is 17.4. The van der Waals surface area contributed by atoms with Crippen molar-refractivity contribution < 1.29 is 4.74 Å². The monoisotopic (exact) mass is 436 g/mol. The summed E-state index contributed by atoms with van der Waals surface area (Å²) >= 11 is 6.92. The number of nitrogens with zero attached hydrogens (tertiary/aromatic N) is 1. The molecule has 0 aliphatic carbocycles. The van der Waals surface area contributed by atoms with E-state index in [0.717, 1.165) is 48.3 Å². The highest BCUT2D eigenvalue weighted by Crippen LogP contribution is 2.28. The number of rotatable bonds is 7. The second kappa shape index (κ2) is 9.27. The topological polar surface area (TPSA) is 24.5 Å². The van der Waals surface area contributed by atoms with Crippen molar-refractivity contribution >= 4 is 28.3 Å². The average molecular weight is 437 g/mol. The summed E-state index contributed by atoms with van der Waals surface area (Å²) in [6, 6.07) is 18.3. The minimum absolute atomic E-state index is 0.335. The minimum Gasteiger partial charge on any atom is -0.477 e. The molecule has 156 valence electrons. The Kier molecular flexibility index (Phi) is 6.49. The number of thioether (sulfide) groups is 1. The number of ether oxygens (including phenoxy) is 1. The lowest BCUT2D eigenvalue weighted by Gasteiger charge is -2.22. The normalized spacial score (nSPS) is 21.1. The number of hydrogen-bond acceptors (Lipinski definition) is 4. The third kappa shape index (κ3) is 4.90. The summed E-state index contributed by atoms with van der Waals surface area (Å²) in [5, 5.41) is 3.49. The van der Waals surface area contributed by atoms with Gasteiger partial charge in [-0.3, -0.25) is 0 Å². The number of benzene rings is 2. The SMILES string of the molecule is C=C1NC(=S)SC1Cc1ccc(Cc2ccc(CC3COC(=C)N3CC)cc2)cc1. The number of likely N-dealkylation sites (N-methyl/N-ethyl adjacent to an activating group) is 1. The Hall–Kier alpha value is -2.24. The molecule has 0 bridgehead atoms. The van der Waals surface area contributed by atoms with Crippen molar-refractivity contribution in [1.29, 1.82) is 0 Å². The summed E-state index contributed by atoms with van der Waals surface area (Å²) in [7, 11) is 0. The van der Waals surface area contributed by atoms with E-state index in [9.17, 15) is 0 Å². The third-order valence-corrected chi connectivity index (χ3v) is 7.23. The van der Waals surface area contributed by atoms with Crippen LogP contribution in [0.15, 0.2) is 73.3 Å². The fraction of sp³-hybridized carbons (Fsp3) is 0.320. The van der Waals surface area contributed by atoms with Crippen molar-refractivity contribution in [3.63, 3.8) is 0 Å². The summed E-state index contributed by atoms with van der Waals surface area (Å²) in [6.45, 7) is 11.9. The Morgan fingerprint density at radius 1 is 1.00 bits per heavy atom. The Balaban J connectivity index is 1.32. The highest BCUT2D eigenvalue weighted by Gasteiger charge is 2.27. The first kappa shape index (κ1) is 21.0. The Bertz CT molecular complexity index is 937. The van der Waals surface area contributed by atoms with Gasteiger partial charge in [0.05, 0.1) is 11.3 Å². The standard InChI is InChI=1S/C25H28N2OS2/c1-4-27-18(3)28-16-23(27)14-21-9-5-19(6-10-21)13-20-7-11-22(12-8-20)15-24-17(2)26-25(29)30-24/h5-12,23-24H,2-4,13-16H2,1H3,(H,26,29). The molecule has 2 atom stereocenters. The fourth-order valence-electron chi connectivity index (χ4n) is 4.09. The zero-order chi connectivity index (χ0) is 21.1. The molecule has 2 aliphatic rings. The van der Waals surface area contributed by atoms with Crippen molar-refractivity contribution in [1.82, 2.24) is 10.2 Å². The molecule has 2 aromatic carbocycles. The van der Waals surface area contributed by atoms with Gasteiger partial charge < -0.3 is 15.0 Å². The van der Waals surface area contributed by atoms with Gasteiger partial charge in [0.2, 0.25) is 0 Å². The largest absolute Gasteiger partial charge is 0.477 e. The second-order valence-electron chi connectivity index (χ2n) is 7.91. The van der Waals surface area contributed by atoms with Gasteiger partial charge in [-0.05, 0) is 55.0 Å². The molecule has 0 saturated carbocycles. The maximum Gasteiger partial charge on any atom is 0.182 e. The predicted molar refractivity (Wildman–Crippen MR) is 131 cm³/mol. The van der Waals surface area contributed by atoms with E-state index in [-0.39, 0.29) is 0 Å². The van der Waals surface area contributed by atoms with Crippen molar-refractivity contribution in [3.8, 4) is 0 Å².